The van der Waals surface area contributed by atoms with Crippen molar-refractivity contribution in [3.8, 4) is 0 Å². The van der Waals surface area contributed by atoms with E-state index in [1.807, 2.05) is 0 Å². The fourth-order valence-corrected chi connectivity index (χ4v) is 12.3. The molecule has 6 heterocycles. The third kappa shape index (κ3) is 20.8. The number of rotatable bonds is 24. The summed E-state index contributed by atoms with van der Waals surface area (Å²) < 4.78 is 82.6. The van der Waals surface area contributed by atoms with E-state index in [4.69, 9.17) is 61.6 Å². The summed E-state index contributed by atoms with van der Waals surface area (Å²) in [5.74, 6) is -2.71. The van der Waals surface area contributed by atoms with E-state index in [0.717, 1.165) is 103 Å². The molecule has 24 heteroatoms. The first-order valence-corrected chi connectivity index (χ1v) is 33.2. The molecule has 87 heavy (non-hydrogen) atoms. The molecule has 24 nitrogen and oxygen atoms in total. The summed E-state index contributed by atoms with van der Waals surface area (Å²) in [7, 11) is 0. The number of carbonyl (C=O) groups is 3. The van der Waals surface area contributed by atoms with Gasteiger partial charge in [0.2, 0.25) is 0 Å². The van der Waals surface area contributed by atoms with Crippen LogP contribution in [0, 0.1) is 5.92 Å². The molecule has 0 aliphatic carbocycles. The van der Waals surface area contributed by atoms with Gasteiger partial charge >= 0.3 is 17.9 Å². The summed E-state index contributed by atoms with van der Waals surface area (Å²) in [4.78, 5) is 41.6. The molecule has 1 unspecified atom stereocenters. The van der Waals surface area contributed by atoms with Crippen LogP contribution in [-0.4, -0.2) is 218 Å². The maximum atomic E-state index is 14.4. The Morgan fingerprint density at radius 2 is 0.989 bits per heavy atom. The lowest BCUT2D eigenvalue weighted by molar-refractivity contribution is -0.399. The SMILES string of the molecule is CCCCCCCCCCCC(=O)O[C@H]1[C@H](O[C@@H]2[C@H]3OC(=O)CCCCCCCCCC(CCCCC)O[C@@H]4O[C@H](C)[C@H](O)[C@H](O)[C@H]4O[C@H](O[C@H]2C)[C@@H]3O)O[C@@H](C)[C@H](O[C@@H]2O[C@@H](C)[C@H](O)[C@@H](OC(=O)[C@@H](C)CC)[C@H]2O)[C@H]1O[C@@H]1O[C@@H](C)[C@H](O)[C@@H](O)[C@H]1O. The van der Waals surface area contributed by atoms with Crippen molar-refractivity contribution >= 4 is 17.9 Å². The molecule has 6 aliphatic heterocycles. The van der Waals surface area contributed by atoms with Gasteiger partial charge in [0, 0.05) is 12.8 Å². The molecule has 6 rings (SSSR count). The predicted octanol–water partition coefficient (Wildman–Crippen LogP) is 5.33. The van der Waals surface area contributed by atoms with Crippen LogP contribution >= 0.6 is 0 Å². The molecule has 506 valence electrons. The lowest BCUT2D eigenvalue weighted by Crippen LogP contribution is -2.68. The highest BCUT2D eigenvalue weighted by molar-refractivity contribution is 5.72. The minimum absolute atomic E-state index is 0.0264. The number of fused-ring (bicyclic) bond motifs is 3. The summed E-state index contributed by atoms with van der Waals surface area (Å²) in [5.41, 5.74) is 0. The number of unbranched alkanes of at least 4 members (excludes halogenated alkanes) is 10. The molecule has 0 aromatic rings. The summed E-state index contributed by atoms with van der Waals surface area (Å²) >= 11 is 0. The van der Waals surface area contributed by atoms with Crippen LogP contribution in [-0.2, 0) is 76.0 Å². The number of hydrogen-bond acceptors (Lipinski definition) is 24. The van der Waals surface area contributed by atoms with Crippen molar-refractivity contribution in [1.82, 2.24) is 0 Å². The van der Waals surface area contributed by atoms with Crippen LogP contribution < -0.4 is 0 Å². The molecule has 27 atom stereocenters. The van der Waals surface area contributed by atoms with Crippen molar-refractivity contribution in [3.05, 3.63) is 0 Å². The Labute approximate surface area is 515 Å². The fraction of sp³-hybridized carbons (Fsp3) is 0.952. The Morgan fingerprint density at radius 1 is 0.460 bits per heavy atom. The first kappa shape index (κ1) is 73.7. The number of aliphatic hydroxyl groups excluding tert-OH is 8. The Morgan fingerprint density at radius 3 is 1.66 bits per heavy atom. The third-order valence-electron chi connectivity index (χ3n) is 18.2. The number of esters is 3. The highest BCUT2D eigenvalue weighted by Crippen LogP contribution is 2.40. The maximum absolute atomic E-state index is 14.4. The van der Waals surface area contributed by atoms with E-state index in [9.17, 15) is 55.2 Å². The van der Waals surface area contributed by atoms with Crippen molar-refractivity contribution < 1.29 is 117 Å². The molecular weight excluding hydrogens is 1140 g/mol. The van der Waals surface area contributed by atoms with E-state index in [-0.39, 0.29) is 18.9 Å². The fourth-order valence-electron chi connectivity index (χ4n) is 12.3. The minimum Gasteiger partial charge on any atom is -0.456 e. The topological polar surface area (TPSA) is 333 Å². The standard InChI is InChI=1S/C63H110O24/c1-10-13-15-16-17-18-21-24-29-33-42(65)82-57-56(87-59-48(71)46(69)43(66)35(5)75-59)52(84-60-49(72)53(45(68)37(7)76-60)83-58(74)34(4)12-3)39(9)79-63(57)85-51-38(8)78-61-50(73)54(51)81-41(64)32-28-25-22-19-20-23-27-31-40(30-26-14-11-2)80-62-55(86-61)47(70)44(67)36(6)77-62/h34-40,43-57,59-63,66-73H,10-33H2,1-9H3/t34-,35-,36+,37-,38-,39-,40?,43-,44-,45-,46+,47-,48+,49+,50+,51-,52-,53+,54-,55+,56+,57+,59-,60-,61-,62-,63-/m0/s1. The van der Waals surface area contributed by atoms with Crippen molar-refractivity contribution in [2.24, 2.45) is 5.92 Å². The van der Waals surface area contributed by atoms with Crippen molar-refractivity contribution in [2.75, 3.05) is 0 Å². The Hall–Kier alpha value is -2.31. The largest absolute Gasteiger partial charge is 0.456 e. The summed E-state index contributed by atoms with van der Waals surface area (Å²) in [6, 6.07) is 0. The smallest absolute Gasteiger partial charge is 0.309 e. The van der Waals surface area contributed by atoms with Gasteiger partial charge in [0.1, 0.15) is 73.2 Å². The number of ether oxygens (including phenoxy) is 13. The molecule has 6 saturated heterocycles. The first-order chi connectivity index (χ1) is 41.6. The van der Waals surface area contributed by atoms with Crippen LogP contribution in [0.3, 0.4) is 0 Å². The predicted molar refractivity (Wildman–Crippen MR) is 311 cm³/mol. The van der Waals surface area contributed by atoms with Gasteiger partial charge in [-0.25, -0.2) is 0 Å². The van der Waals surface area contributed by atoms with E-state index in [0.29, 0.717) is 32.1 Å². The first-order valence-electron chi connectivity index (χ1n) is 33.2. The van der Waals surface area contributed by atoms with Gasteiger partial charge in [0.25, 0.3) is 0 Å². The second-order valence-corrected chi connectivity index (χ2v) is 25.3. The molecular formula is C63H110O24. The Balaban J connectivity index is 1.37. The van der Waals surface area contributed by atoms with E-state index < -0.39 is 177 Å². The van der Waals surface area contributed by atoms with Crippen LogP contribution in [0.4, 0.5) is 0 Å². The normalized spacial score (nSPS) is 41.6. The number of aliphatic hydroxyl groups is 8. The monoisotopic (exact) mass is 1250 g/mol. The Kier molecular flexibility index (Phi) is 31.2. The quantitative estimate of drug-likeness (QED) is 0.0344. The lowest BCUT2D eigenvalue weighted by Gasteiger charge is -2.51. The molecule has 0 saturated carbocycles. The molecule has 0 amide bonds. The molecule has 2 bridgehead atoms. The van der Waals surface area contributed by atoms with Crippen LogP contribution in [0.15, 0.2) is 0 Å². The second kappa shape index (κ2) is 36.8. The molecule has 6 fully saturated rings. The molecule has 0 spiro atoms. The van der Waals surface area contributed by atoms with Gasteiger partial charge in [-0.15, -0.1) is 0 Å². The number of hydrogen-bond donors (Lipinski definition) is 8. The van der Waals surface area contributed by atoms with Gasteiger partial charge in [-0.3, -0.25) is 14.4 Å². The van der Waals surface area contributed by atoms with Crippen molar-refractivity contribution in [3.63, 3.8) is 0 Å². The average Bonchev–Trinajstić information content (AvgIpc) is 2.59. The summed E-state index contributed by atoms with van der Waals surface area (Å²) in [6.07, 6.45) is -19.2. The zero-order valence-corrected chi connectivity index (χ0v) is 53.2. The zero-order chi connectivity index (χ0) is 63.5. The van der Waals surface area contributed by atoms with Crippen LogP contribution in [0.25, 0.3) is 0 Å². The van der Waals surface area contributed by atoms with Crippen molar-refractivity contribution in [2.45, 2.75) is 376 Å². The molecule has 8 N–H and O–H groups in total. The van der Waals surface area contributed by atoms with E-state index in [1.165, 1.54) is 27.2 Å². The molecule has 0 radical (unpaired) electrons. The van der Waals surface area contributed by atoms with E-state index >= 15 is 0 Å². The van der Waals surface area contributed by atoms with Crippen molar-refractivity contribution in [1.29, 1.82) is 0 Å². The van der Waals surface area contributed by atoms with Gasteiger partial charge in [0.05, 0.1) is 42.5 Å². The third-order valence-corrected chi connectivity index (χ3v) is 18.2. The van der Waals surface area contributed by atoms with E-state index in [2.05, 4.69) is 13.8 Å². The van der Waals surface area contributed by atoms with Gasteiger partial charge in [-0.05, 0) is 66.7 Å². The van der Waals surface area contributed by atoms with Crippen LogP contribution in [0.1, 0.15) is 216 Å². The average molecular weight is 1250 g/mol. The van der Waals surface area contributed by atoms with Crippen LogP contribution in [0.5, 0.6) is 0 Å². The van der Waals surface area contributed by atoms with Crippen LogP contribution in [0.2, 0.25) is 0 Å². The molecule has 0 aromatic heterocycles. The second-order valence-electron chi connectivity index (χ2n) is 25.3. The zero-order valence-electron chi connectivity index (χ0n) is 53.2. The van der Waals surface area contributed by atoms with E-state index in [1.54, 1.807) is 27.7 Å². The molecule has 6 aliphatic rings. The highest BCUT2D eigenvalue weighted by atomic mass is 16.8. The highest BCUT2D eigenvalue weighted by Gasteiger charge is 2.59. The Bertz CT molecular complexity index is 1990. The maximum Gasteiger partial charge on any atom is 0.309 e. The molecule has 0 aromatic carbocycles. The van der Waals surface area contributed by atoms with Gasteiger partial charge in [-0.2, -0.15) is 0 Å². The van der Waals surface area contributed by atoms with Gasteiger partial charge in [-0.1, -0.05) is 137 Å². The summed E-state index contributed by atoms with van der Waals surface area (Å²) in [5, 5.41) is 91.9. The van der Waals surface area contributed by atoms with Gasteiger partial charge in [0.15, 0.2) is 49.8 Å². The lowest BCUT2D eigenvalue weighted by atomic mass is 9.95. The minimum atomic E-state index is -1.91. The van der Waals surface area contributed by atoms with Gasteiger partial charge < -0.3 is 102 Å². The summed E-state index contributed by atoms with van der Waals surface area (Å²) in [6.45, 7) is 15.3. The number of carbonyl (C=O) groups excluding carboxylic acids is 3.